The molecule has 1 heterocycles. The summed E-state index contributed by atoms with van der Waals surface area (Å²) in [5, 5.41) is 3.33. The Morgan fingerprint density at radius 2 is 2.00 bits per heavy atom. The minimum absolute atomic E-state index is 0.0489. The highest BCUT2D eigenvalue weighted by molar-refractivity contribution is 5.84. The molecule has 3 nitrogen and oxygen atoms in total. The lowest BCUT2D eigenvalue weighted by molar-refractivity contribution is -0.132. The Morgan fingerprint density at radius 1 is 1.38 bits per heavy atom. The number of amides is 1. The first-order valence-corrected chi connectivity index (χ1v) is 6.51. The van der Waals surface area contributed by atoms with Crippen LogP contribution in [0.3, 0.4) is 0 Å². The van der Waals surface area contributed by atoms with Gasteiger partial charge in [0.1, 0.15) is 0 Å². The molecule has 94 valence electrons. The molecular formula is C13H26N2O. The molecule has 1 amide bonds. The summed E-state index contributed by atoms with van der Waals surface area (Å²) in [6.07, 6.45) is 1.99. The number of carbonyl (C=O) groups excluding carboxylic acids is 1. The van der Waals surface area contributed by atoms with Crippen LogP contribution in [0.15, 0.2) is 0 Å². The SMILES string of the molecule is CCC(C(C)C)N1CNC(CC(C)C)C1=O. The van der Waals surface area contributed by atoms with Crippen LogP contribution in [0.5, 0.6) is 0 Å². The van der Waals surface area contributed by atoms with Gasteiger partial charge in [-0.15, -0.1) is 0 Å². The van der Waals surface area contributed by atoms with Crippen LogP contribution in [0.25, 0.3) is 0 Å². The second kappa shape index (κ2) is 5.67. The smallest absolute Gasteiger partial charge is 0.241 e. The summed E-state index contributed by atoms with van der Waals surface area (Å²) in [4.78, 5) is 14.2. The fourth-order valence-electron chi connectivity index (χ4n) is 2.56. The van der Waals surface area contributed by atoms with Crippen molar-refractivity contribution in [2.75, 3.05) is 6.67 Å². The Labute approximate surface area is 99.6 Å². The van der Waals surface area contributed by atoms with Gasteiger partial charge in [-0.1, -0.05) is 34.6 Å². The summed E-state index contributed by atoms with van der Waals surface area (Å²) in [5.41, 5.74) is 0. The Hall–Kier alpha value is -0.570. The van der Waals surface area contributed by atoms with E-state index in [4.69, 9.17) is 0 Å². The zero-order valence-corrected chi connectivity index (χ0v) is 11.3. The first-order valence-electron chi connectivity index (χ1n) is 6.51. The number of hydrogen-bond acceptors (Lipinski definition) is 2. The third-order valence-corrected chi connectivity index (χ3v) is 3.38. The molecule has 1 N–H and O–H groups in total. The van der Waals surface area contributed by atoms with Crippen LogP contribution < -0.4 is 5.32 Å². The molecule has 0 aliphatic carbocycles. The average molecular weight is 226 g/mol. The van der Waals surface area contributed by atoms with Gasteiger partial charge in [-0.25, -0.2) is 0 Å². The van der Waals surface area contributed by atoms with E-state index in [2.05, 4.69) is 39.9 Å². The lowest BCUT2D eigenvalue weighted by atomic mass is 9.99. The monoisotopic (exact) mass is 226 g/mol. The summed E-state index contributed by atoms with van der Waals surface area (Å²) >= 11 is 0. The summed E-state index contributed by atoms with van der Waals surface area (Å²) in [6.45, 7) is 11.6. The van der Waals surface area contributed by atoms with Gasteiger partial charge in [0.05, 0.1) is 12.7 Å². The van der Waals surface area contributed by atoms with Crippen molar-refractivity contribution in [2.24, 2.45) is 11.8 Å². The number of rotatable bonds is 5. The summed E-state index contributed by atoms with van der Waals surface area (Å²) < 4.78 is 0. The molecule has 2 unspecified atom stereocenters. The van der Waals surface area contributed by atoms with Crippen molar-refractivity contribution in [3.63, 3.8) is 0 Å². The Morgan fingerprint density at radius 3 is 2.44 bits per heavy atom. The minimum Gasteiger partial charge on any atom is -0.325 e. The molecule has 1 aliphatic rings. The highest BCUT2D eigenvalue weighted by Crippen LogP contribution is 2.20. The maximum absolute atomic E-state index is 12.2. The van der Waals surface area contributed by atoms with Gasteiger partial charge in [-0.05, 0) is 24.7 Å². The second-order valence-electron chi connectivity index (χ2n) is 5.57. The highest BCUT2D eigenvalue weighted by Gasteiger charge is 2.35. The lowest BCUT2D eigenvalue weighted by Gasteiger charge is -2.29. The van der Waals surface area contributed by atoms with Crippen molar-refractivity contribution in [2.45, 2.75) is 59.5 Å². The van der Waals surface area contributed by atoms with Crippen molar-refractivity contribution in [3.8, 4) is 0 Å². The van der Waals surface area contributed by atoms with E-state index in [-0.39, 0.29) is 6.04 Å². The molecule has 0 aromatic heterocycles. The molecule has 3 heteroatoms. The normalized spacial score (nSPS) is 23.6. The van der Waals surface area contributed by atoms with E-state index in [0.29, 0.717) is 23.8 Å². The third-order valence-electron chi connectivity index (χ3n) is 3.38. The van der Waals surface area contributed by atoms with Crippen molar-refractivity contribution in [3.05, 3.63) is 0 Å². The average Bonchev–Trinajstić information content (AvgIpc) is 2.50. The van der Waals surface area contributed by atoms with E-state index >= 15 is 0 Å². The van der Waals surface area contributed by atoms with Crippen LogP contribution in [-0.4, -0.2) is 29.6 Å². The van der Waals surface area contributed by atoms with Crippen molar-refractivity contribution in [1.82, 2.24) is 10.2 Å². The van der Waals surface area contributed by atoms with E-state index in [0.717, 1.165) is 19.5 Å². The molecule has 1 fully saturated rings. The second-order valence-corrected chi connectivity index (χ2v) is 5.57. The van der Waals surface area contributed by atoms with Crippen LogP contribution in [0, 0.1) is 11.8 Å². The molecule has 0 aromatic rings. The molecule has 0 aromatic carbocycles. The van der Waals surface area contributed by atoms with E-state index in [1.54, 1.807) is 0 Å². The first-order chi connectivity index (χ1) is 7.47. The number of hydrogen-bond donors (Lipinski definition) is 1. The Kier molecular flexibility index (Phi) is 4.78. The standard InChI is InChI=1S/C13H26N2O/c1-6-12(10(4)5)15-8-14-11(13(15)16)7-9(2)3/h9-12,14H,6-8H2,1-5H3. The molecule has 1 saturated heterocycles. The Balaban J connectivity index is 2.62. The molecule has 1 aliphatic heterocycles. The predicted molar refractivity (Wildman–Crippen MR) is 67.0 cm³/mol. The summed E-state index contributed by atoms with van der Waals surface area (Å²) in [6, 6.07) is 0.435. The molecule has 16 heavy (non-hydrogen) atoms. The predicted octanol–water partition coefficient (Wildman–Crippen LogP) is 2.23. The minimum atomic E-state index is 0.0489. The van der Waals surface area contributed by atoms with Crippen molar-refractivity contribution in [1.29, 1.82) is 0 Å². The number of carbonyl (C=O) groups is 1. The highest BCUT2D eigenvalue weighted by atomic mass is 16.2. The van der Waals surface area contributed by atoms with Gasteiger partial charge in [-0.3, -0.25) is 10.1 Å². The fraction of sp³-hybridized carbons (Fsp3) is 0.923. The van der Waals surface area contributed by atoms with E-state index < -0.39 is 0 Å². The summed E-state index contributed by atoms with van der Waals surface area (Å²) in [5.74, 6) is 1.41. The first kappa shape index (κ1) is 13.5. The third kappa shape index (κ3) is 2.97. The maximum atomic E-state index is 12.2. The van der Waals surface area contributed by atoms with E-state index in [9.17, 15) is 4.79 Å². The van der Waals surface area contributed by atoms with Crippen molar-refractivity contribution < 1.29 is 4.79 Å². The van der Waals surface area contributed by atoms with E-state index in [1.165, 1.54) is 0 Å². The Bertz CT molecular complexity index is 238. The van der Waals surface area contributed by atoms with Gasteiger partial charge >= 0.3 is 0 Å². The van der Waals surface area contributed by atoms with Crippen LogP contribution in [0.4, 0.5) is 0 Å². The summed E-state index contributed by atoms with van der Waals surface area (Å²) in [7, 11) is 0. The maximum Gasteiger partial charge on any atom is 0.241 e. The quantitative estimate of drug-likeness (QED) is 0.779. The van der Waals surface area contributed by atoms with E-state index in [1.807, 2.05) is 4.90 Å². The molecule has 2 atom stereocenters. The lowest BCUT2D eigenvalue weighted by Crippen LogP contribution is -2.41. The van der Waals surface area contributed by atoms with Crippen LogP contribution >= 0.6 is 0 Å². The molecule has 0 radical (unpaired) electrons. The van der Waals surface area contributed by atoms with Crippen LogP contribution in [0.1, 0.15) is 47.5 Å². The van der Waals surface area contributed by atoms with Gasteiger partial charge in [0.15, 0.2) is 0 Å². The van der Waals surface area contributed by atoms with Gasteiger partial charge in [0.2, 0.25) is 5.91 Å². The largest absolute Gasteiger partial charge is 0.325 e. The molecular weight excluding hydrogens is 200 g/mol. The molecule has 0 saturated carbocycles. The number of nitrogens with zero attached hydrogens (tertiary/aromatic N) is 1. The zero-order valence-electron chi connectivity index (χ0n) is 11.3. The fourth-order valence-corrected chi connectivity index (χ4v) is 2.56. The van der Waals surface area contributed by atoms with Crippen molar-refractivity contribution >= 4 is 5.91 Å². The van der Waals surface area contributed by atoms with Crippen LogP contribution in [0.2, 0.25) is 0 Å². The number of nitrogens with one attached hydrogen (secondary N) is 1. The van der Waals surface area contributed by atoms with Gasteiger partial charge < -0.3 is 4.90 Å². The zero-order chi connectivity index (χ0) is 12.3. The topological polar surface area (TPSA) is 32.3 Å². The van der Waals surface area contributed by atoms with Gasteiger partial charge in [0.25, 0.3) is 0 Å². The van der Waals surface area contributed by atoms with Gasteiger partial charge in [-0.2, -0.15) is 0 Å². The molecule has 1 rings (SSSR count). The van der Waals surface area contributed by atoms with Crippen LogP contribution in [-0.2, 0) is 4.79 Å². The van der Waals surface area contributed by atoms with Gasteiger partial charge in [0, 0.05) is 6.04 Å². The molecule has 0 bridgehead atoms. The molecule has 0 spiro atoms.